The summed E-state index contributed by atoms with van der Waals surface area (Å²) in [6.45, 7) is 8.22. The second-order valence-corrected chi connectivity index (χ2v) is 4.14. The van der Waals surface area contributed by atoms with Gasteiger partial charge in [0.2, 0.25) is 0 Å². The highest BCUT2D eigenvalue weighted by Crippen LogP contribution is 2.28. The van der Waals surface area contributed by atoms with E-state index in [0.717, 1.165) is 0 Å². The van der Waals surface area contributed by atoms with Crippen LogP contribution in [0.4, 0.5) is 0 Å². The van der Waals surface area contributed by atoms with Gasteiger partial charge >= 0.3 is 0 Å². The van der Waals surface area contributed by atoms with Crippen LogP contribution in [0.2, 0.25) is 0 Å². The summed E-state index contributed by atoms with van der Waals surface area (Å²) in [6.07, 6.45) is -0.780. The Balaban J connectivity index is 3.84. The van der Waals surface area contributed by atoms with Crippen molar-refractivity contribution in [2.75, 3.05) is 13.2 Å². The summed E-state index contributed by atoms with van der Waals surface area (Å²) < 4.78 is 4.98. The van der Waals surface area contributed by atoms with Crippen molar-refractivity contribution < 1.29 is 14.9 Å². The van der Waals surface area contributed by atoms with Gasteiger partial charge in [0, 0.05) is 5.92 Å². The van der Waals surface area contributed by atoms with Crippen LogP contribution < -0.4 is 0 Å². The minimum atomic E-state index is -0.780. The second-order valence-electron chi connectivity index (χ2n) is 4.14. The number of ether oxygens (including phenoxy) is 1. The average Bonchev–Trinajstić information content (AvgIpc) is 1.97. The van der Waals surface area contributed by atoms with Crippen molar-refractivity contribution in [1.29, 1.82) is 0 Å². The summed E-state index contributed by atoms with van der Waals surface area (Å²) in [5.41, 5.74) is 0.0227. The van der Waals surface area contributed by atoms with Gasteiger partial charge in [-0.3, -0.25) is 0 Å². The van der Waals surface area contributed by atoms with E-state index in [9.17, 15) is 5.11 Å². The fraction of sp³-hybridized carbons (Fsp3) is 1.00. The van der Waals surface area contributed by atoms with Crippen LogP contribution in [0, 0.1) is 11.3 Å². The third-order valence-corrected chi connectivity index (χ3v) is 2.17. The van der Waals surface area contributed by atoms with Crippen molar-refractivity contribution in [3.63, 3.8) is 0 Å². The van der Waals surface area contributed by atoms with E-state index in [0.29, 0.717) is 0 Å². The Labute approximate surface area is 74.4 Å². The maximum absolute atomic E-state index is 9.45. The molecule has 0 saturated carbocycles. The molecule has 0 amide bonds. The van der Waals surface area contributed by atoms with Gasteiger partial charge in [0.25, 0.3) is 0 Å². The maximum Gasteiger partial charge on any atom is 0.157 e. The monoisotopic (exact) mass is 176 g/mol. The molecule has 0 aliphatic rings. The summed E-state index contributed by atoms with van der Waals surface area (Å²) in [7, 11) is 0. The number of aliphatic hydroxyl groups is 2. The second kappa shape index (κ2) is 4.80. The Morgan fingerprint density at radius 3 is 2.17 bits per heavy atom. The van der Waals surface area contributed by atoms with Gasteiger partial charge < -0.3 is 14.9 Å². The lowest BCUT2D eigenvalue weighted by Crippen LogP contribution is -2.32. The van der Waals surface area contributed by atoms with Crippen LogP contribution in [0.3, 0.4) is 0 Å². The fourth-order valence-electron chi connectivity index (χ4n) is 0.746. The van der Waals surface area contributed by atoms with E-state index < -0.39 is 6.29 Å². The van der Waals surface area contributed by atoms with E-state index in [1.165, 1.54) is 0 Å². The molecule has 0 bridgehead atoms. The normalized spacial score (nSPS) is 17.5. The summed E-state index contributed by atoms with van der Waals surface area (Å²) in [6, 6.07) is 0. The first kappa shape index (κ1) is 11.9. The molecule has 0 aromatic rings. The first-order chi connectivity index (χ1) is 5.39. The smallest absolute Gasteiger partial charge is 0.157 e. The van der Waals surface area contributed by atoms with E-state index in [1.54, 1.807) is 0 Å². The molecule has 2 unspecified atom stereocenters. The molecule has 3 nitrogen and oxygen atoms in total. The zero-order chi connectivity index (χ0) is 9.78. The van der Waals surface area contributed by atoms with Crippen molar-refractivity contribution in [3.8, 4) is 0 Å². The summed E-state index contributed by atoms with van der Waals surface area (Å²) in [4.78, 5) is 0. The minimum Gasteiger partial charge on any atom is -0.394 e. The molecule has 74 valence electrons. The molecule has 2 atom stereocenters. The zero-order valence-corrected chi connectivity index (χ0v) is 8.37. The first-order valence-corrected chi connectivity index (χ1v) is 4.30. The molecular formula is C9H20O3. The van der Waals surface area contributed by atoms with Crippen LogP contribution in [0.5, 0.6) is 0 Å². The van der Waals surface area contributed by atoms with Crippen LogP contribution in [0.25, 0.3) is 0 Å². The van der Waals surface area contributed by atoms with Crippen LogP contribution in [0.15, 0.2) is 0 Å². The van der Waals surface area contributed by atoms with E-state index in [1.807, 2.05) is 27.7 Å². The van der Waals surface area contributed by atoms with Gasteiger partial charge in [-0.25, -0.2) is 0 Å². The Kier molecular flexibility index (Phi) is 4.75. The summed E-state index contributed by atoms with van der Waals surface area (Å²) in [5.74, 6) is 0.0593. The highest BCUT2D eigenvalue weighted by atomic mass is 16.6. The van der Waals surface area contributed by atoms with Crippen molar-refractivity contribution in [2.45, 2.75) is 34.0 Å². The molecule has 0 aromatic heterocycles. The average molecular weight is 176 g/mol. The Morgan fingerprint density at radius 1 is 1.33 bits per heavy atom. The summed E-state index contributed by atoms with van der Waals surface area (Å²) >= 11 is 0. The van der Waals surface area contributed by atoms with Gasteiger partial charge in [-0.1, -0.05) is 27.7 Å². The lowest BCUT2D eigenvalue weighted by Gasteiger charge is -2.30. The molecule has 0 spiro atoms. The van der Waals surface area contributed by atoms with E-state index in [2.05, 4.69) is 0 Å². The van der Waals surface area contributed by atoms with Crippen molar-refractivity contribution in [2.24, 2.45) is 11.3 Å². The molecule has 12 heavy (non-hydrogen) atoms. The highest BCUT2D eigenvalue weighted by Gasteiger charge is 2.27. The predicted molar refractivity (Wildman–Crippen MR) is 47.7 cm³/mol. The molecule has 0 aromatic carbocycles. The lowest BCUT2D eigenvalue weighted by atomic mass is 9.82. The van der Waals surface area contributed by atoms with Crippen LogP contribution in [0.1, 0.15) is 27.7 Å². The largest absolute Gasteiger partial charge is 0.394 e. The topological polar surface area (TPSA) is 49.7 Å². The molecule has 0 heterocycles. The Morgan fingerprint density at radius 2 is 1.83 bits per heavy atom. The predicted octanol–water partition coefficient (Wildman–Crippen LogP) is 0.996. The standard InChI is InChI=1S/C9H20O3/c1-7(9(2,3)4)8(11)12-6-5-10/h7-8,10-11H,5-6H2,1-4H3. The Bertz CT molecular complexity index is 117. The molecule has 0 saturated heterocycles. The zero-order valence-electron chi connectivity index (χ0n) is 8.37. The molecule has 3 heteroatoms. The van der Waals surface area contributed by atoms with Gasteiger partial charge in [-0.15, -0.1) is 0 Å². The van der Waals surface area contributed by atoms with Crippen molar-refractivity contribution in [1.82, 2.24) is 0 Å². The number of hydrogen-bond acceptors (Lipinski definition) is 3. The van der Waals surface area contributed by atoms with Crippen molar-refractivity contribution in [3.05, 3.63) is 0 Å². The van der Waals surface area contributed by atoms with Gasteiger partial charge in [-0.2, -0.15) is 0 Å². The molecule has 0 radical (unpaired) electrons. The van der Waals surface area contributed by atoms with E-state index >= 15 is 0 Å². The number of hydrogen-bond donors (Lipinski definition) is 2. The molecule has 0 aliphatic carbocycles. The molecule has 0 fully saturated rings. The Hall–Kier alpha value is -0.120. The quantitative estimate of drug-likeness (QED) is 0.628. The van der Waals surface area contributed by atoms with Gasteiger partial charge in [-0.05, 0) is 5.41 Å². The molecule has 0 rings (SSSR count). The fourth-order valence-corrected chi connectivity index (χ4v) is 0.746. The van der Waals surface area contributed by atoms with Crippen LogP contribution in [-0.4, -0.2) is 29.7 Å². The van der Waals surface area contributed by atoms with E-state index in [-0.39, 0.29) is 24.5 Å². The van der Waals surface area contributed by atoms with E-state index in [4.69, 9.17) is 9.84 Å². The minimum absolute atomic E-state index is 0.0227. The summed E-state index contributed by atoms with van der Waals surface area (Å²) in [5, 5.41) is 17.9. The molecular weight excluding hydrogens is 156 g/mol. The molecule has 0 aliphatic heterocycles. The molecule has 2 N–H and O–H groups in total. The maximum atomic E-state index is 9.45. The third kappa shape index (κ3) is 4.04. The SMILES string of the molecule is CC(C(O)OCCO)C(C)(C)C. The van der Waals surface area contributed by atoms with Crippen molar-refractivity contribution >= 4 is 0 Å². The van der Waals surface area contributed by atoms with Gasteiger partial charge in [0.15, 0.2) is 6.29 Å². The number of rotatable bonds is 4. The number of aliphatic hydroxyl groups excluding tert-OH is 2. The van der Waals surface area contributed by atoms with Gasteiger partial charge in [0.1, 0.15) is 0 Å². The third-order valence-electron chi connectivity index (χ3n) is 2.17. The first-order valence-electron chi connectivity index (χ1n) is 4.30. The highest BCUT2D eigenvalue weighted by molar-refractivity contribution is 4.71. The van der Waals surface area contributed by atoms with Gasteiger partial charge in [0.05, 0.1) is 13.2 Å². The van der Waals surface area contributed by atoms with Crippen LogP contribution >= 0.6 is 0 Å². The lowest BCUT2D eigenvalue weighted by molar-refractivity contribution is -0.156. The van der Waals surface area contributed by atoms with Crippen LogP contribution in [-0.2, 0) is 4.74 Å².